The van der Waals surface area contributed by atoms with E-state index in [0.29, 0.717) is 16.7 Å². The quantitative estimate of drug-likeness (QED) is 0.441. The minimum absolute atomic E-state index is 0.197. The molecule has 0 saturated carbocycles. The Kier molecular flexibility index (Phi) is 4.61. The number of carboxylic acids is 1. The molecule has 124 valence electrons. The topological polar surface area (TPSA) is 63.6 Å². The molecule has 0 unspecified atom stereocenters. The summed E-state index contributed by atoms with van der Waals surface area (Å²) in [5, 5.41) is 11.5. The normalized spacial score (nSPS) is 11.3. The first-order valence-corrected chi connectivity index (χ1v) is 7.71. The maximum atomic E-state index is 11.8. The maximum Gasteiger partial charge on any atom is 0.337 e. The van der Waals surface area contributed by atoms with Crippen LogP contribution in [0.3, 0.4) is 0 Å². The highest BCUT2D eigenvalue weighted by Gasteiger charge is 2.13. The lowest BCUT2D eigenvalue weighted by Crippen LogP contribution is -2.01. The summed E-state index contributed by atoms with van der Waals surface area (Å²) in [5.74, 6) is -1.43. The van der Waals surface area contributed by atoms with Crippen molar-refractivity contribution in [2.45, 2.75) is 0 Å². The van der Waals surface area contributed by atoms with Crippen LogP contribution >= 0.6 is 0 Å². The van der Waals surface area contributed by atoms with Crippen LogP contribution in [0, 0.1) is 0 Å². The van der Waals surface area contributed by atoms with Crippen LogP contribution in [0.2, 0.25) is 0 Å². The van der Waals surface area contributed by atoms with Crippen LogP contribution < -0.4 is 0 Å². The molecule has 0 aliphatic rings. The van der Waals surface area contributed by atoms with Crippen molar-refractivity contribution >= 4 is 34.4 Å². The second-order valence-electron chi connectivity index (χ2n) is 5.50. The summed E-state index contributed by atoms with van der Waals surface area (Å²) < 4.78 is 4.66. The highest BCUT2D eigenvalue weighted by molar-refractivity contribution is 6.23. The van der Waals surface area contributed by atoms with Crippen molar-refractivity contribution in [3.63, 3.8) is 0 Å². The zero-order valence-corrected chi connectivity index (χ0v) is 13.6. The maximum absolute atomic E-state index is 11.8. The summed E-state index contributed by atoms with van der Waals surface area (Å²) in [7, 11) is 1.32. The molecule has 25 heavy (non-hydrogen) atoms. The summed E-state index contributed by atoms with van der Waals surface area (Å²) in [5.41, 5.74) is 1.96. The number of hydrogen-bond donors (Lipinski definition) is 1. The van der Waals surface area contributed by atoms with Gasteiger partial charge >= 0.3 is 11.9 Å². The van der Waals surface area contributed by atoms with Crippen LogP contribution in [0.15, 0.2) is 66.7 Å². The second-order valence-corrected chi connectivity index (χ2v) is 5.50. The Balaban J connectivity index is 2.08. The van der Waals surface area contributed by atoms with Crippen LogP contribution in [0.25, 0.3) is 22.4 Å². The Labute approximate surface area is 145 Å². The molecule has 0 aliphatic heterocycles. The van der Waals surface area contributed by atoms with Gasteiger partial charge in [-0.05, 0) is 40.1 Å². The summed E-state index contributed by atoms with van der Waals surface area (Å²) >= 11 is 0. The number of carbonyl (C=O) groups excluding carboxylic acids is 1. The third-order valence-electron chi connectivity index (χ3n) is 3.95. The zero-order valence-electron chi connectivity index (χ0n) is 13.6. The van der Waals surface area contributed by atoms with E-state index in [4.69, 9.17) is 0 Å². The van der Waals surface area contributed by atoms with Gasteiger partial charge in [0.2, 0.25) is 0 Å². The van der Waals surface area contributed by atoms with Gasteiger partial charge in [-0.25, -0.2) is 9.59 Å². The van der Waals surface area contributed by atoms with E-state index in [9.17, 15) is 14.7 Å². The average molecular weight is 332 g/mol. The monoisotopic (exact) mass is 332 g/mol. The number of carboxylic acid groups (broad SMARTS) is 1. The lowest BCUT2D eigenvalue weighted by atomic mass is 9.96. The molecule has 0 saturated heterocycles. The Morgan fingerprint density at radius 2 is 1.60 bits per heavy atom. The standard InChI is InChI=1S/C21H16O4/c1-25-21(24)16-11-9-14(10-12-16)13-19(20(22)23)18-8-4-6-15-5-2-3-7-17(15)18/h2-13H,1H3,(H,22,23)/b19-13-. The van der Waals surface area contributed by atoms with Gasteiger partial charge in [-0.1, -0.05) is 54.6 Å². The number of fused-ring (bicyclic) bond motifs is 1. The Hall–Kier alpha value is -3.40. The minimum Gasteiger partial charge on any atom is -0.478 e. The molecule has 1 N–H and O–H groups in total. The van der Waals surface area contributed by atoms with Gasteiger partial charge in [-0.15, -0.1) is 0 Å². The summed E-state index contributed by atoms with van der Waals surface area (Å²) in [6.45, 7) is 0. The van der Waals surface area contributed by atoms with E-state index in [-0.39, 0.29) is 5.57 Å². The first-order valence-electron chi connectivity index (χ1n) is 7.71. The molecule has 3 aromatic carbocycles. The number of aliphatic carboxylic acids is 1. The van der Waals surface area contributed by atoms with Gasteiger partial charge in [-0.3, -0.25) is 0 Å². The van der Waals surface area contributed by atoms with Crippen LogP contribution in [0.4, 0.5) is 0 Å². The molecule has 0 bridgehead atoms. The highest BCUT2D eigenvalue weighted by Crippen LogP contribution is 2.27. The fourth-order valence-electron chi connectivity index (χ4n) is 2.71. The fourth-order valence-corrected chi connectivity index (χ4v) is 2.71. The first kappa shape index (κ1) is 16.5. The van der Waals surface area contributed by atoms with Crippen molar-refractivity contribution in [2.24, 2.45) is 0 Å². The molecule has 0 spiro atoms. The van der Waals surface area contributed by atoms with Gasteiger partial charge < -0.3 is 9.84 Å². The minimum atomic E-state index is -1.01. The second kappa shape index (κ2) is 7.01. The van der Waals surface area contributed by atoms with Crippen molar-refractivity contribution in [3.05, 3.63) is 83.4 Å². The van der Waals surface area contributed by atoms with E-state index in [1.807, 2.05) is 36.4 Å². The number of rotatable bonds is 4. The number of benzene rings is 3. The number of ether oxygens (including phenoxy) is 1. The van der Waals surface area contributed by atoms with Gasteiger partial charge in [0, 0.05) is 0 Å². The lowest BCUT2D eigenvalue weighted by molar-refractivity contribution is -0.130. The molecule has 0 aliphatic carbocycles. The van der Waals surface area contributed by atoms with Crippen molar-refractivity contribution in [1.82, 2.24) is 0 Å². The molecule has 3 rings (SSSR count). The highest BCUT2D eigenvalue weighted by atomic mass is 16.5. The largest absolute Gasteiger partial charge is 0.478 e. The molecule has 0 amide bonds. The number of esters is 1. The van der Waals surface area contributed by atoms with Crippen molar-refractivity contribution < 1.29 is 19.4 Å². The van der Waals surface area contributed by atoms with Crippen LogP contribution in [-0.2, 0) is 9.53 Å². The molecule has 3 aromatic rings. The molecule has 0 radical (unpaired) electrons. The Morgan fingerprint density at radius 1 is 0.920 bits per heavy atom. The number of hydrogen-bond acceptors (Lipinski definition) is 3. The number of carbonyl (C=O) groups is 2. The smallest absolute Gasteiger partial charge is 0.337 e. The van der Waals surface area contributed by atoms with E-state index in [1.54, 1.807) is 36.4 Å². The third-order valence-corrected chi connectivity index (χ3v) is 3.95. The molecule has 4 nitrogen and oxygen atoms in total. The SMILES string of the molecule is COC(=O)c1ccc(/C=C(\C(=O)O)c2cccc3ccccc23)cc1. The van der Waals surface area contributed by atoms with Gasteiger partial charge in [0.25, 0.3) is 0 Å². The van der Waals surface area contributed by atoms with Crippen LogP contribution in [0.1, 0.15) is 21.5 Å². The van der Waals surface area contributed by atoms with Crippen molar-refractivity contribution in [2.75, 3.05) is 7.11 Å². The zero-order chi connectivity index (χ0) is 17.8. The predicted molar refractivity (Wildman–Crippen MR) is 97.2 cm³/mol. The molecule has 0 atom stereocenters. The van der Waals surface area contributed by atoms with E-state index in [0.717, 1.165) is 10.8 Å². The summed E-state index contributed by atoms with van der Waals surface area (Å²) in [6.07, 6.45) is 1.60. The number of methoxy groups -OCH3 is 1. The molecule has 0 heterocycles. The third kappa shape index (κ3) is 3.43. The van der Waals surface area contributed by atoms with Gasteiger partial charge in [-0.2, -0.15) is 0 Å². The lowest BCUT2D eigenvalue weighted by Gasteiger charge is -2.08. The summed E-state index contributed by atoms with van der Waals surface area (Å²) in [4.78, 5) is 23.3. The van der Waals surface area contributed by atoms with Gasteiger partial charge in [0.05, 0.1) is 18.2 Å². The Bertz CT molecular complexity index is 963. The average Bonchev–Trinajstić information content (AvgIpc) is 2.65. The van der Waals surface area contributed by atoms with Crippen LogP contribution in [-0.4, -0.2) is 24.2 Å². The molecular formula is C21H16O4. The molecular weight excluding hydrogens is 316 g/mol. The molecule has 0 aromatic heterocycles. The van der Waals surface area contributed by atoms with E-state index >= 15 is 0 Å². The Morgan fingerprint density at radius 3 is 2.28 bits per heavy atom. The van der Waals surface area contributed by atoms with Crippen molar-refractivity contribution in [3.8, 4) is 0 Å². The van der Waals surface area contributed by atoms with E-state index in [2.05, 4.69) is 4.74 Å². The van der Waals surface area contributed by atoms with E-state index < -0.39 is 11.9 Å². The van der Waals surface area contributed by atoms with Gasteiger partial charge in [0.15, 0.2) is 0 Å². The van der Waals surface area contributed by atoms with Crippen molar-refractivity contribution in [1.29, 1.82) is 0 Å². The van der Waals surface area contributed by atoms with Gasteiger partial charge in [0.1, 0.15) is 0 Å². The predicted octanol–water partition coefficient (Wildman–Crippen LogP) is 4.25. The van der Waals surface area contributed by atoms with Crippen LogP contribution in [0.5, 0.6) is 0 Å². The summed E-state index contributed by atoms with van der Waals surface area (Å²) in [6, 6.07) is 19.9. The fraction of sp³-hybridized carbons (Fsp3) is 0.0476. The first-order chi connectivity index (χ1) is 12.1. The van der Waals surface area contributed by atoms with E-state index in [1.165, 1.54) is 7.11 Å². The molecule has 0 fully saturated rings. The molecule has 4 heteroatoms.